The first-order valence-corrected chi connectivity index (χ1v) is 9.74. The molecular weight excluding hydrogens is 208 g/mol. The third kappa shape index (κ3) is 5.31. The van der Waals surface area contributed by atoms with Crippen LogP contribution in [0.5, 0.6) is 0 Å². The van der Waals surface area contributed by atoms with E-state index >= 15 is 0 Å². The van der Waals surface area contributed by atoms with Crippen molar-refractivity contribution < 1.29 is 0 Å². The molecular formula is C15H24Si. The summed E-state index contributed by atoms with van der Waals surface area (Å²) in [6.07, 6.45) is 7.24. The molecule has 0 unspecified atom stereocenters. The van der Waals surface area contributed by atoms with Crippen molar-refractivity contribution >= 4 is 8.07 Å². The maximum Gasteiger partial charge on any atom is 0.0555 e. The van der Waals surface area contributed by atoms with Gasteiger partial charge < -0.3 is 0 Å². The summed E-state index contributed by atoms with van der Waals surface area (Å²) in [7, 11) is -1.08. The highest BCUT2D eigenvalue weighted by Crippen LogP contribution is 2.17. The van der Waals surface area contributed by atoms with Gasteiger partial charge in [-0.15, -0.1) is 0 Å². The molecule has 0 amide bonds. The van der Waals surface area contributed by atoms with Crippen LogP contribution < -0.4 is 0 Å². The Bertz CT molecular complexity index is 311. The number of benzene rings is 1. The molecule has 0 heterocycles. The van der Waals surface area contributed by atoms with Crippen LogP contribution in [0.15, 0.2) is 42.5 Å². The van der Waals surface area contributed by atoms with Crippen LogP contribution in [0.1, 0.15) is 25.3 Å². The van der Waals surface area contributed by atoms with E-state index in [4.69, 9.17) is 0 Å². The smallest absolute Gasteiger partial charge is 0.0555 e. The van der Waals surface area contributed by atoms with Crippen LogP contribution in [-0.2, 0) is 6.04 Å². The van der Waals surface area contributed by atoms with Gasteiger partial charge in [-0.3, -0.25) is 0 Å². The van der Waals surface area contributed by atoms with E-state index in [1.165, 1.54) is 30.5 Å². The SMILES string of the molecule is CCC/C=C/C[Si](C)(C)Cc1ccccc1. The molecule has 16 heavy (non-hydrogen) atoms. The lowest BCUT2D eigenvalue weighted by Crippen LogP contribution is -2.28. The van der Waals surface area contributed by atoms with E-state index in [0.29, 0.717) is 0 Å². The van der Waals surface area contributed by atoms with E-state index in [1.54, 1.807) is 0 Å². The number of hydrogen-bond donors (Lipinski definition) is 0. The molecule has 0 spiro atoms. The lowest BCUT2D eigenvalue weighted by Gasteiger charge is -2.20. The van der Waals surface area contributed by atoms with Crippen molar-refractivity contribution in [2.45, 2.75) is 44.9 Å². The number of rotatable bonds is 6. The van der Waals surface area contributed by atoms with Crippen LogP contribution in [0.4, 0.5) is 0 Å². The second-order valence-electron chi connectivity index (χ2n) is 5.29. The van der Waals surface area contributed by atoms with Crippen molar-refractivity contribution in [2.75, 3.05) is 0 Å². The maximum atomic E-state index is 2.48. The molecule has 1 aromatic carbocycles. The highest BCUT2D eigenvalue weighted by Gasteiger charge is 2.18. The van der Waals surface area contributed by atoms with E-state index in [9.17, 15) is 0 Å². The number of unbranched alkanes of at least 4 members (excludes halogenated alkanes) is 1. The molecule has 0 nitrogen and oxygen atoms in total. The molecule has 0 atom stereocenters. The van der Waals surface area contributed by atoms with Crippen LogP contribution in [0.25, 0.3) is 0 Å². The fraction of sp³-hybridized carbons (Fsp3) is 0.467. The fourth-order valence-corrected chi connectivity index (χ4v) is 4.20. The zero-order chi connectivity index (χ0) is 11.9. The molecule has 1 heteroatoms. The first-order chi connectivity index (χ1) is 7.64. The Hall–Kier alpha value is -0.823. The summed E-state index contributed by atoms with van der Waals surface area (Å²) in [4.78, 5) is 0. The van der Waals surface area contributed by atoms with E-state index < -0.39 is 8.07 Å². The van der Waals surface area contributed by atoms with Gasteiger partial charge in [-0.25, -0.2) is 0 Å². The van der Waals surface area contributed by atoms with Gasteiger partial charge in [0.15, 0.2) is 0 Å². The molecule has 1 rings (SSSR count). The van der Waals surface area contributed by atoms with Crippen molar-refractivity contribution in [2.24, 2.45) is 0 Å². The van der Waals surface area contributed by atoms with Gasteiger partial charge >= 0.3 is 0 Å². The summed E-state index contributed by atoms with van der Waals surface area (Å²) in [5, 5.41) is 0. The summed E-state index contributed by atoms with van der Waals surface area (Å²) in [6, 6.07) is 13.5. The molecule has 1 aromatic rings. The molecule has 0 aliphatic heterocycles. The standard InChI is InChI=1S/C15H24Si/c1-4-5-6-10-13-16(2,3)14-15-11-8-7-9-12-15/h6-12H,4-5,13-14H2,1-3H3/b10-6+. The van der Waals surface area contributed by atoms with E-state index in [1.807, 2.05) is 0 Å². The minimum atomic E-state index is -1.08. The Morgan fingerprint density at radius 2 is 1.75 bits per heavy atom. The van der Waals surface area contributed by atoms with Crippen LogP contribution in [0, 0.1) is 0 Å². The molecule has 0 N–H and O–H groups in total. The topological polar surface area (TPSA) is 0 Å². The van der Waals surface area contributed by atoms with Crippen molar-refractivity contribution in [3.63, 3.8) is 0 Å². The average Bonchev–Trinajstić information content (AvgIpc) is 2.25. The lowest BCUT2D eigenvalue weighted by atomic mass is 10.2. The van der Waals surface area contributed by atoms with Crippen molar-refractivity contribution in [3.8, 4) is 0 Å². The molecule has 0 saturated carbocycles. The minimum absolute atomic E-state index is 1.08. The molecule has 0 aliphatic carbocycles. The lowest BCUT2D eigenvalue weighted by molar-refractivity contribution is 0.956. The van der Waals surface area contributed by atoms with Crippen molar-refractivity contribution in [1.82, 2.24) is 0 Å². The first-order valence-electron chi connectivity index (χ1n) is 6.33. The second-order valence-corrected chi connectivity index (χ2v) is 10.4. The summed E-state index contributed by atoms with van der Waals surface area (Å²) in [5.74, 6) is 0. The summed E-state index contributed by atoms with van der Waals surface area (Å²) < 4.78 is 0. The Balaban J connectivity index is 2.45. The van der Waals surface area contributed by atoms with Crippen LogP contribution in [0.2, 0.25) is 19.1 Å². The van der Waals surface area contributed by atoms with Crippen molar-refractivity contribution in [1.29, 1.82) is 0 Å². The Kier molecular flexibility index (Phi) is 5.54. The van der Waals surface area contributed by atoms with Crippen molar-refractivity contribution in [3.05, 3.63) is 48.0 Å². The molecule has 0 radical (unpaired) electrons. The van der Waals surface area contributed by atoms with E-state index in [2.05, 4.69) is 62.5 Å². The molecule has 0 aliphatic rings. The van der Waals surface area contributed by atoms with Gasteiger partial charge in [0.1, 0.15) is 0 Å². The van der Waals surface area contributed by atoms with E-state index in [0.717, 1.165) is 0 Å². The Morgan fingerprint density at radius 1 is 1.06 bits per heavy atom. The van der Waals surface area contributed by atoms with Crippen LogP contribution in [0.3, 0.4) is 0 Å². The molecule has 88 valence electrons. The Morgan fingerprint density at radius 3 is 2.38 bits per heavy atom. The van der Waals surface area contributed by atoms with Gasteiger partial charge in [0.25, 0.3) is 0 Å². The van der Waals surface area contributed by atoms with Gasteiger partial charge in [0.05, 0.1) is 8.07 Å². The largest absolute Gasteiger partial charge is 0.0912 e. The van der Waals surface area contributed by atoms with Gasteiger partial charge in [-0.2, -0.15) is 0 Å². The van der Waals surface area contributed by atoms with Gasteiger partial charge in [-0.1, -0.05) is 74.5 Å². The van der Waals surface area contributed by atoms with Crippen LogP contribution >= 0.6 is 0 Å². The summed E-state index contributed by atoms with van der Waals surface area (Å²) in [6.45, 7) is 7.20. The third-order valence-electron chi connectivity index (χ3n) is 2.82. The first kappa shape index (κ1) is 13.2. The zero-order valence-electron chi connectivity index (χ0n) is 10.9. The summed E-state index contributed by atoms with van der Waals surface area (Å²) in [5.41, 5.74) is 1.50. The highest BCUT2D eigenvalue weighted by atomic mass is 28.3. The summed E-state index contributed by atoms with van der Waals surface area (Å²) >= 11 is 0. The van der Waals surface area contributed by atoms with E-state index in [-0.39, 0.29) is 0 Å². The Labute approximate surface area is 101 Å². The van der Waals surface area contributed by atoms with Crippen LogP contribution in [-0.4, -0.2) is 8.07 Å². The predicted octanol–water partition coefficient (Wildman–Crippen LogP) is 4.83. The minimum Gasteiger partial charge on any atom is -0.0912 e. The number of allylic oxidation sites excluding steroid dienone is 2. The quantitative estimate of drug-likeness (QED) is 0.486. The monoisotopic (exact) mass is 232 g/mol. The van der Waals surface area contributed by atoms with Gasteiger partial charge in [0.2, 0.25) is 0 Å². The molecule has 0 bridgehead atoms. The van der Waals surface area contributed by atoms with Gasteiger partial charge in [0, 0.05) is 0 Å². The molecule has 0 saturated heterocycles. The normalized spacial score (nSPS) is 12.2. The average molecular weight is 232 g/mol. The maximum absolute atomic E-state index is 2.48. The highest BCUT2D eigenvalue weighted by molar-refractivity contribution is 6.77. The van der Waals surface area contributed by atoms with Gasteiger partial charge in [-0.05, 0) is 18.5 Å². The third-order valence-corrected chi connectivity index (χ3v) is 5.52. The number of hydrogen-bond acceptors (Lipinski definition) is 0. The molecule has 0 aromatic heterocycles. The molecule has 0 fully saturated rings. The predicted molar refractivity (Wildman–Crippen MR) is 76.5 cm³/mol. The fourth-order valence-electron chi connectivity index (χ4n) is 1.91. The zero-order valence-corrected chi connectivity index (χ0v) is 11.9. The second kappa shape index (κ2) is 6.69.